The molecule has 2 aliphatic rings. The van der Waals surface area contributed by atoms with E-state index in [4.69, 9.17) is 0 Å². The van der Waals surface area contributed by atoms with E-state index in [1.165, 1.54) is 51.6 Å². The number of rotatable bonds is 4. The average molecular weight is 239 g/mol. The maximum atomic E-state index is 10.2. The number of aliphatic hydroxyl groups excluding tert-OH is 1. The zero-order valence-corrected chi connectivity index (χ0v) is 11.6. The minimum atomic E-state index is -0.0572. The van der Waals surface area contributed by atoms with Gasteiger partial charge in [0.25, 0.3) is 0 Å². The molecule has 4 atom stereocenters. The summed E-state index contributed by atoms with van der Waals surface area (Å²) in [6.45, 7) is 7.04. The molecule has 1 heterocycles. The lowest BCUT2D eigenvalue weighted by molar-refractivity contribution is 0.0109. The Bertz CT molecular complexity index is 231. The Labute approximate surface area is 106 Å². The van der Waals surface area contributed by atoms with Gasteiger partial charge in [0, 0.05) is 12.6 Å². The highest BCUT2D eigenvalue weighted by Gasteiger charge is 2.35. The highest BCUT2D eigenvalue weighted by molar-refractivity contribution is 4.90. The zero-order chi connectivity index (χ0) is 12.3. The van der Waals surface area contributed by atoms with Gasteiger partial charge >= 0.3 is 0 Å². The lowest BCUT2D eigenvalue weighted by Crippen LogP contribution is -2.46. The van der Waals surface area contributed by atoms with Crippen LogP contribution in [-0.4, -0.2) is 35.2 Å². The quantitative estimate of drug-likeness (QED) is 0.815. The van der Waals surface area contributed by atoms with Crippen LogP contribution in [-0.2, 0) is 0 Å². The van der Waals surface area contributed by atoms with Crippen LogP contribution in [0.4, 0.5) is 0 Å². The van der Waals surface area contributed by atoms with Crippen LogP contribution in [0.3, 0.4) is 0 Å². The van der Waals surface area contributed by atoms with Crippen molar-refractivity contribution in [2.75, 3.05) is 13.1 Å². The molecule has 2 fully saturated rings. The standard InChI is InChI=1S/C15H29NO/c1-3-5-13-8-9-16(11-13)14-10-12(4-2)6-7-15(14)17/h12-15,17H,3-11H2,1-2H3. The summed E-state index contributed by atoms with van der Waals surface area (Å²) < 4.78 is 0. The minimum absolute atomic E-state index is 0.0572. The van der Waals surface area contributed by atoms with Crippen LogP contribution >= 0.6 is 0 Å². The Balaban J connectivity index is 1.88. The Kier molecular flexibility index (Phi) is 4.87. The van der Waals surface area contributed by atoms with Gasteiger partial charge in [-0.15, -0.1) is 0 Å². The normalized spacial score (nSPS) is 39.7. The van der Waals surface area contributed by atoms with Crippen molar-refractivity contribution in [3.05, 3.63) is 0 Å². The summed E-state index contributed by atoms with van der Waals surface area (Å²) in [5, 5.41) is 10.2. The maximum absolute atomic E-state index is 10.2. The molecule has 0 radical (unpaired) electrons. The Hall–Kier alpha value is -0.0800. The molecule has 0 amide bonds. The van der Waals surface area contributed by atoms with Crippen LogP contribution in [0.5, 0.6) is 0 Å². The molecule has 2 nitrogen and oxygen atoms in total. The van der Waals surface area contributed by atoms with Crippen LogP contribution in [0.1, 0.15) is 58.8 Å². The highest BCUT2D eigenvalue weighted by atomic mass is 16.3. The van der Waals surface area contributed by atoms with Crippen LogP contribution in [0, 0.1) is 11.8 Å². The van der Waals surface area contributed by atoms with Gasteiger partial charge in [0.15, 0.2) is 0 Å². The molecule has 0 aromatic heterocycles. The monoisotopic (exact) mass is 239 g/mol. The van der Waals surface area contributed by atoms with Gasteiger partial charge in [-0.3, -0.25) is 4.90 Å². The SMILES string of the molecule is CCCC1CCN(C2CC(CC)CCC2O)C1. The number of aliphatic hydroxyl groups is 1. The van der Waals surface area contributed by atoms with Crippen LogP contribution in [0.2, 0.25) is 0 Å². The van der Waals surface area contributed by atoms with Gasteiger partial charge in [-0.2, -0.15) is 0 Å². The van der Waals surface area contributed by atoms with E-state index in [1.54, 1.807) is 0 Å². The van der Waals surface area contributed by atoms with E-state index in [1.807, 2.05) is 0 Å². The van der Waals surface area contributed by atoms with Gasteiger partial charge < -0.3 is 5.11 Å². The highest BCUT2D eigenvalue weighted by Crippen LogP contribution is 2.33. The van der Waals surface area contributed by atoms with Gasteiger partial charge in [-0.25, -0.2) is 0 Å². The minimum Gasteiger partial charge on any atom is -0.391 e. The van der Waals surface area contributed by atoms with Gasteiger partial charge in [0.2, 0.25) is 0 Å². The zero-order valence-electron chi connectivity index (χ0n) is 11.6. The first kappa shape index (κ1) is 13.4. The molecule has 2 heteroatoms. The van der Waals surface area contributed by atoms with Gasteiger partial charge in [0.1, 0.15) is 0 Å². The van der Waals surface area contributed by atoms with E-state index < -0.39 is 0 Å². The van der Waals surface area contributed by atoms with Crippen molar-refractivity contribution >= 4 is 0 Å². The van der Waals surface area contributed by atoms with E-state index >= 15 is 0 Å². The second-order valence-corrected chi connectivity index (χ2v) is 6.16. The van der Waals surface area contributed by atoms with Crippen molar-refractivity contribution in [3.8, 4) is 0 Å². The van der Waals surface area contributed by atoms with E-state index in [2.05, 4.69) is 18.7 Å². The fourth-order valence-corrected chi connectivity index (χ4v) is 3.79. The number of hydrogen-bond acceptors (Lipinski definition) is 2. The lowest BCUT2D eigenvalue weighted by Gasteiger charge is -2.38. The molecular weight excluding hydrogens is 210 g/mol. The third-order valence-electron chi connectivity index (χ3n) is 4.95. The first-order valence-corrected chi connectivity index (χ1v) is 7.66. The van der Waals surface area contributed by atoms with Crippen molar-refractivity contribution in [2.24, 2.45) is 11.8 Å². The first-order chi connectivity index (χ1) is 8.24. The molecule has 0 bridgehead atoms. The van der Waals surface area contributed by atoms with Gasteiger partial charge in [-0.1, -0.05) is 26.7 Å². The van der Waals surface area contributed by atoms with Crippen molar-refractivity contribution in [2.45, 2.75) is 70.9 Å². The molecule has 4 unspecified atom stereocenters. The molecule has 0 aromatic carbocycles. The fourth-order valence-electron chi connectivity index (χ4n) is 3.79. The number of nitrogens with zero attached hydrogens (tertiary/aromatic N) is 1. The first-order valence-electron chi connectivity index (χ1n) is 7.66. The molecule has 1 aliphatic heterocycles. The molecule has 0 aromatic rings. The fraction of sp³-hybridized carbons (Fsp3) is 1.00. The number of hydrogen-bond donors (Lipinski definition) is 1. The second-order valence-electron chi connectivity index (χ2n) is 6.16. The maximum Gasteiger partial charge on any atom is 0.0695 e. The summed E-state index contributed by atoms with van der Waals surface area (Å²) in [6.07, 6.45) is 8.76. The molecule has 0 spiro atoms. The summed E-state index contributed by atoms with van der Waals surface area (Å²) >= 11 is 0. The second kappa shape index (κ2) is 6.19. The van der Waals surface area contributed by atoms with E-state index in [-0.39, 0.29) is 6.10 Å². The number of likely N-dealkylation sites (tertiary alicyclic amines) is 1. The molecular formula is C15H29NO. The molecule has 17 heavy (non-hydrogen) atoms. The Morgan fingerprint density at radius 1 is 1.12 bits per heavy atom. The van der Waals surface area contributed by atoms with E-state index in [0.717, 1.165) is 18.3 Å². The predicted molar refractivity (Wildman–Crippen MR) is 72.0 cm³/mol. The van der Waals surface area contributed by atoms with Gasteiger partial charge in [0.05, 0.1) is 6.10 Å². The Morgan fingerprint density at radius 3 is 2.65 bits per heavy atom. The van der Waals surface area contributed by atoms with E-state index in [0.29, 0.717) is 6.04 Å². The smallest absolute Gasteiger partial charge is 0.0695 e. The molecule has 1 saturated heterocycles. The molecule has 1 N–H and O–H groups in total. The molecule has 2 rings (SSSR count). The third kappa shape index (κ3) is 3.23. The summed E-state index contributed by atoms with van der Waals surface area (Å²) in [5.41, 5.74) is 0. The van der Waals surface area contributed by atoms with Crippen molar-refractivity contribution < 1.29 is 5.11 Å². The summed E-state index contributed by atoms with van der Waals surface area (Å²) in [7, 11) is 0. The predicted octanol–water partition coefficient (Wildman–Crippen LogP) is 3.05. The molecule has 100 valence electrons. The summed E-state index contributed by atoms with van der Waals surface area (Å²) in [5.74, 6) is 1.75. The van der Waals surface area contributed by atoms with Crippen LogP contribution < -0.4 is 0 Å². The lowest BCUT2D eigenvalue weighted by atomic mass is 9.82. The largest absolute Gasteiger partial charge is 0.391 e. The summed E-state index contributed by atoms with van der Waals surface area (Å²) in [4.78, 5) is 2.59. The summed E-state index contributed by atoms with van der Waals surface area (Å²) in [6, 6.07) is 0.468. The average Bonchev–Trinajstić information content (AvgIpc) is 2.79. The van der Waals surface area contributed by atoms with Gasteiger partial charge in [-0.05, 0) is 50.5 Å². The van der Waals surface area contributed by atoms with Crippen molar-refractivity contribution in [3.63, 3.8) is 0 Å². The topological polar surface area (TPSA) is 23.5 Å². The van der Waals surface area contributed by atoms with Crippen molar-refractivity contribution in [1.82, 2.24) is 4.90 Å². The third-order valence-corrected chi connectivity index (χ3v) is 4.95. The Morgan fingerprint density at radius 2 is 1.94 bits per heavy atom. The van der Waals surface area contributed by atoms with Crippen molar-refractivity contribution in [1.29, 1.82) is 0 Å². The molecule has 1 aliphatic carbocycles. The molecule has 1 saturated carbocycles. The van der Waals surface area contributed by atoms with Crippen LogP contribution in [0.15, 0.2) is 0 Å². The van der Waals surface area contributed by atoms with Crippen LogP contribution in [0.25, 0.3) is 0 Å². The van der Waals surface area contributed by atoms with E-state index in [9.17, 15) is 5.11 Å².